The van der Waals surface area contributed by atoms with Gasteiger partial charge in [-0.1, -0.05) is 6.07 Å². The second-order valence-corrected chi connectivity index (χ2v) is 8.50. The molecule has 1 saturated heterocycles. The molecule has 2 N–H and O–H groups in total. The largest absolute Gasteiger partial charge is 0.463 e. The molecule has 9 nitrogen and oxygen atoms in total. The van der Waals surface area contributed by atoms with Gasteiger partial charge in [0.1, 0.15) is 11.5 Å². The van der Waals surface area contributed by atoms with Crippen LogP contribution >= 0.6 is 0 Å². The van der Waals surface area contributed by atoms with E-state index in [4.69, 9.17) is 9.47 Å². The van der Waals surface area contributed by atoms with Gasteiger partial charge in [0.25, 0.3) is 5.91 Å². The van der Waals surface area contributed by atoms with Gasteiger partial charge in [0.2, 0.25) is 0 Å². The Bertz CT molecular complexity index is 1330. The molecule has 0 spiro atoms. The number of aromatic nitrogens is 4. The van der Waals surface area contributed by atoms with Gasteiger partial charge in [-0.2, -0.15) is 9.97 Å². The van der Waals surface area contributed by atoms with Gasteiger partial charge in [-0.15, -0.1) is 0 Å². The van der Waals surface area contributed by atoms with Crippen molar-refractivity contribution in [3.05, 3.63) is 71.3 Å². The van der Waals surface area contributed by atoms with Crippen molar-refractivity contribution >= 4 is 28.3 Å². The molecule has 4 heterocycles. The summed E-state index contributed by atoms with van der Waals surface area (Å²) in [5.74, 6) is 0.328. The number of morpholine rings is 1. The van der Waals surface area contributed by atoms with Gasteiger partial charge < -0.3 is 24.7 Å². The van der Waals surface area contributed by atoms with Crippen molar-refractivity contribution in [2.75, 3.05) is 43.1 Å². The Hall–Kier alpha value is -3.98. The van der Waals surface area contributed by atoms with E-state index in [0.717, 1.165) is 27.9 Å². The maximum absolute atomic E-state index is 13.2. The summed E-state index contributed by atoms with van der Waals surface area (Å²) in [6, 6.07) is 13.5. The predicted octanol–water partition coefficient (Wildman–Crippen LogP) is 3.68. The molecular weight excluding hydrogens is 444 g/mol. The van der Waals surface area contributed by atoms with E-state index in [9.17, 15) is 4.79 Å². The minimum Gasteiger partial charge on any atom is -0.463 e. The van der Waals surface area contributed by atoms with Gasteiger partial charge in [-0.05, 0) is 49.7 Å². The fourth-order valence-electron chi connectivity index (χ4n) is 4.08. The molecule has 0 aliphatic carbocycles. The van der Waals surface area contributed by atoms with Crippen molar-refractivity contribution in [3.8, 4) is 6.01 Å². The summed E-state index contributed by atoms with van der Waals surface area (Å²) in [7, 11) is 0. The highest BCUT2D eigenvalue weighted by Crippen LogP contribution is 2.25. The van der Waals surface area contributed by atoms with E-state index in [1.807, 2.05) is 43.3 Å². The van der Waals surface area contributed by atoms with Crippen LogP contribution in [-0.2, 0) is 11.2 Å². The summed E-state index contributed by atoms with van der Waals surface area (Å²) < 4.78 is 11.3. The lowest BCUT2D eigenvalue weighted by molar-refractivity contribution is 0.102. The van der Waals surface area contributed by atoms with Crippen LogP contribution in [-0.4, -0.2) is 58.8 Å². The van der Waals surface area contributed by atoms with Crippen molar-refractivity contribution in [3.63, 3.8) is 0 Å². The number of pyridine rings is 1. The van der Waals surface area contributed by atoms with E-state index < -0.39 is 0 Å². The van der Waals surface area contributed by atoms with Crippen LogP contribution in [0, 0.1) is 13.8 Å². The summed E-state index contributed by atoms with van der Waals surface area (Å²) in [6.45, 7) is 7.05. The molecule has 35 heavy (non-hydrogen) atoms. The number of ether oxygens (including phenoxy) is 2. The van der Waals surface area contributed by atoms with Crippen LogP contribution in [0.15, 0.2) is 48.7 Å². The fraction of sp³-hybridized carbons (Fsp3) is 0.308. The first-order valence-electron chi connectivity index (χ1n) is 11.7. The zero-order valence-electron chi connectivity index (χ0n) is 19.9. The predicted molar refractivity (Wildman–Crippen MR) is 134 cm³/mol. The third-order valence-electron chi connectivity index (χ3n) is 6.14. The lowest BCUT2D eigenvalue weighted by Gasteiger charge is -2.28. The summed E-state index contributed by atoms with van der Waals surface area (Å²) in [5.41, 5.74) is 5.18. The van der Waals surface area contributed by atoms with E-state index in [0.29, 0.717) is 50.8 Å². The van der Waals surface area contributed by atoms with Crippen molar-refractivity contribution < 1.29 is 14.3 Å². The number of nitrogens with zero attached hydrogens (tertiary/aromatic N) is 4. The van der Waals surface area contributed by atoms with Gasteiger partial charge in [0, 0.05) is 59.8 Å². The molecule has 0 atom stereocenters. The minimum atomic E-state index is -0.319. The Kier molecular flexibility index (Phi) is 6.58. The average molecular weight is 473 g/mol. The number of nitrogens with one attached hydrogen (secondary N) is 2. The molecule has 1 fully saturated rings. The third kappa shape index (κ3) is 5.25. The Morgan fingerprint density at radius 3 is 2.80 bits per heavy atom. The summed E-state index contributed by atoms with van der Waals surface area (Å²) in [6.07, 6.45) is 2.36. The summed E-state index contributed by atoms with van der Waals surface area (Å²) in [5, 5.41) is 4.05. The quantitative estimate of drug-likeness (QED) is 0.423. The van der Waals surface area contributed by atoms with Crippen LogP contribution in [0.4, 0.5) is 11.5 Å². The van der Waals surface area contributed by atoms with Gasteiger partial charge in [0.15, 0.2) is 0 Å². The topological polar surface area (TPSA) is 105 Å². The van der Waals surface area contributed by atoms with E-state index in [1.165, 1.54) is 0 Å². The molecule has 0 bridgehead atoms. The first-order valence-corrected chi connectivity index (χ1v) is 11.7. The zero-order chi connectivity index (χ0) is 24.2. The zero-order valence-corrected chi connectivity index (χ0v) is 19.9. The Labute approximate surface area is 203 Å². The highest BCUT2D eigenvalue weighted by Gasteiger charge is 2.19. The maximum Gasteiger partial charge on any atom is 0.319 e. The monoisotopic (exact) mass is 472 g/mol. The molecule has 1 aromatic carbocycles. The maximum atomic E-state index is 13.2. The first kappa shape index (κ1) is 22.8. The van der Waals surface area contributed by atoms with Crippen LogP contribution in [0.2, 0.25) is 0 Å². The number of fused-ring (bicyclic) bond motifs is 1. The highest BCUT2D eigenvalue weighted by atomic mass is 16.5. The van der Waals surface area contributed by atoms with Gasteiger partial charge in [0.05, 0.1) is 19.8 Å². The number of benzene rings is 1. The van der Waals surface area contributed by atoms with Gasteiger partial charge in [-0.3, -0.25) is 9.78 Å². The summed E-state index contributed by atoms with van der Waals surface area (Å²) in [4.78, 5) is 31.9. The number of rotatable bonds is 7. The third-order valence-corrected chi connectivity index (χ3v) is 6.14. The number of amides is 1. The second kappa shape index (κ2) is 10.1. The lowest BCUT2D eigenvalue weighted by Crippen LogP contribution is -2.37. The molecule has 5 rings (SSSR count). The van der Waals surface area contributed by atoms with E-state index in [-0.39, 0.29) is 17.6 Å². The number of hydrogen-bond acceptors (Lipinski definition) is 7. The lowest BCUT2D eigenvalue weighted by atomic mass is 10.1. The number of anilines is 2. The first-order chi connectivity index (χ1) is 17.1. The second-order valence-electron chi connectivity index (χ2n) is 8.50. The molecule has 0 radical (unpaired) electrons. The Morgan fingerprint density at radius 2 is 2.00 bits per heavy atom. The van der Waals surface area contributed by atoms with E-state index in [2.05, 4.69) is 37.1 Å². The number of carbonyl (C=O) groups is 1. The number of aromatic amines is 1. The van der Waals surface area contributed by atoms with Gasteiger partial charge in [-0.25, -0.2) is 0 Å². The molecule has 4 aromatic rings. The Balaban J connectivity index is 1.37. The standard InChI is InChI=1S/C26H28N6O3/c1-17-18(2)28-22-7-6-20(15-21(17)22)29-25(33)23-16-24(32-10-13-34-14-11-32)31-26(30-23)35-12-8-19-5-3-4-9-27-19/h3-7,9,15-16,28H,8,10-14H2,1-2H3,(H,29,33). The summed E-state index contributed by atoms with van der Waals surface area (Å²) >= 11 is 0. The van der Waals surface area contributed by atoms with Crippen LogP contribution in [0.25, 0.3) is 10.9 Å². The van der Waals surface area contributed by atoms with Crippen LogP contribution in [0.3, 0.4) is 0 Å². The molecular formula is C26H28N6O3. The van der Waals surface area contributed by atoms with Gasteiger partial charge >= 0.3 is 6.01 Å². The Morgan fingerprint density at radius 1 is 1.14 bits per heavy atom. The molecule has 1 amide bonds. The average Bonchev–Trinajstić information content (AvgIpc) is 3.18. The molecule has 1 aliphatic heterocycles. The van der Waals surface area contributed by atoms with Crippen molar-refractivity contribution in [1.29, 1.82) is 0 Å². The normalized spacial score (nSPS) is 13.7. The van der Waals surface area contributed by atoms with Crippen LogP contribution in [0.5, 0.6) is 6.01 Å². The van der Waals surface area contributed by atoms with Crippen LogP contribution < -0.4 is 15.0 Å². The van der Waals surface area contributed by atoms with Crippen molar-refractivity contribution in [1.82, 2.24) is 19.9 Å². The molecule has 1 aliphatic rings. The van der Waals surface area contributed by atoms with Crippen molar-refractivity contribution in [2.45, 2.75) is 20.3 Å². The van der Waals surface area contributed by atoms with Crippen molar-refractivity contribution in [2.24, 2.45) is 0 Å². The molecule has 3 aromatic heterocycles. The molecule has 9 heteroatoms. The number of hydrogen-bond donors (Lipinski definition) is 2. The minimum absolute atomic E-state index is 0.169. The van der Waals surface area contributed by atoms with E-state index >= 15 is 0 Å². The molecule has 0 unspecified atom stereocenters. The fourth-order valence-corrected chi connectivity index (χ4v) is 4.08. The number of carbonyl (C=O) groups excluding carboxylic acids is 1. The smallest absolute Gasteiger partial charge is 0.319 e. The SMILES string of the molecule is Cc1[nH]c2ccc(NC(=O)c3cc(N4CCOCC4)nc(OCCc4ccccn4)n3)cc2c1C. The highest BCUT2D eigenvalue weighted by molar-refractivity contribution is 6.04. The number of H-pyrrole nitrogens is 1. The van der Waals surface area contributed by atoms with E-state index in [1.54, 1.807) is 12.3 Å². The van der Waals surface area contributed by atoms with Crippen LogP contribution in [0.1, 0.15) is 27.4 Å². The molecule has 0 saturated carbocycles. The number of aryl methyl sites for hydroxylation is 2. The molecule has 180 valence electrons.